The smallest absolute Gasteiger partial charge is 0.309 e. The number of nitrogens with zero attached hydrogens (tertiary/aromatic N) is 1. The molecule has 0 spiro atoms. The van der Waals surface area contributed by atoms with E-state index in [9.17, 15) is 24.5 Å². The fourth-order valence-corrected chi connectivity index (χ4v) is 5.44. The van der Waals surface area contributed by atoms with E-state index in [1.165, 1.54) is 6.07 Å². The lowest BCUT2D eigenvalue weighted by atomic mass is 9.39. The topological polar surface area (TPSA) is 103 Å². The molecule has 0 amide bonds. The molecular weight excluding hydrogens is 411 g/mol. The first-order valence-electron chi connectivity index (χ1n) is 10.7. The summed E-state index contributed by atoms with van der Waals surface area (Å²) in [5.41, 5.74) is 2.52. The van der Waals surface area contributed by atoms with Gasteiger partial charge in [0.25, 0.3) is 0 Å². The monoisotopic (exact) mass is 436 g/mol. The summed E-state index contributed by atoms with van der Waals surface area (Å²) in [4.78, 5) is 16.3. The number of carboxylic acid groups (broad SMARTS) is 1. The number of aliphatic hydroxyl groups excluding tert-OH is 1. The molecule has 3 aromatic rings. The molecule has 0 aliphatic heterocycles. The van der Waals surface area contributed by atoms with Gasteiger partial charge in [0.15, 0.2) is 0 Å². The van der Waals surface area contributed by atoms with Crippen LogP contribution in [0, 0.1) is 18.2 Å². The summed E-state index contributed by atoms with van der Waals surface area (Å²) in [6.07, 6.45) is 1.60. The molecule has 0 radical (unpaired) electrons. The van der Waals surface area contributed by atoms with Crippen molar-refractivity contribution in [3.8, 4) is 16.9 Å². The average molecular weight is 436 g/mol. The Morgan fingerprint density at radius 2 is 1.94 bits per heavy atom. The highest BCUT2D eigenvalue weighted by molar-refractivity contribution is 5.99. The molecule has 1 heterocycles. The predicted octanol–water partition coefficient (Wildman–Crippen LogP) is 4.57. The van der Waals surface area contributed by atoms with Crippen LogP contribution < -0.4 is 5.32 Å². The van der Waals surface area contributed by atoms with Crippen molar-refractivity contribution in [2.75, 3.05) is 11.9 Å². The molecular formula is C25H25FN2O4. The van der Waals surface area contributed by atoms with Crippen LogP contribution in [-0.2, 0) is 4.79 Å². The van der Waals surface area contributed by atoms with Crippen molar-refractivity contribution in [3.63, 3.8) is 0 Å². The van der Waals surface area contributed by atoms with Crippen LogP contribution in [0.25, 0.3) is 22.0 Å². The van der Waals surface area contributed by atoms with E-state index in [4.69, 9.17) is 4.98 Å². The largest absolute Gasteiger partial charge is 0.508 e. The number of carboxylic acids is 1. The standard InChI is InChI=1S/C25H25FN2O4/c1-13-7-15(3-6-18(13)26)21-17-5-4-16(30)8-19(17)27-22(20(21)14(2)9-29)28-25-10-24(11-25,12-25)23(31)32/h3-8,14,29-30H,9-12H2,1-2H3,(H,27,28)(H,31,32). The second-order valence-electron chi connectivity index (χ2n) is 9.52. The Hall–Kier alpha value is -3.19. The number of aliphatic carboxylic acids is 1. The van der Waals surface area contributed by atoms with Gasteiger partial charge in [0.2, 0.25) is 0 Å². The zero-order chi connectivity index (χ0) is 22.8. The molecule has 3 aliphatic carbocycles. The van der Waals surface area contributed by atoms with Crippen molar-refractivity contribution >= 4 is 22.7 Å². The second kappa shape index (κ2) is 6.90. The fraction of sp³-hybridized carbons (Fsp3) is 0.360. The van der Waals surface area contributed by atoms with E-state index >= 15 is 0 Å². The number of fused-ring (bicyclic) bond motifs is 1. The van der Waals surface area contributed by atoms with Gasteiger partial charge in [-0.1, -0.05) is 13.0 Å². The average Bonchev–Trinajstić information content (AvgIpc) is 2.69. The lowest BCUT2D eigenvalue weighted by molar-refractivity contribution is -0.186. The molecule has 6 nitrogen and oxygen atoms in total. The van der Waals surface area contributed by atoms with Gasteiger partial charge in [-0.15, -0.1) is 0 Å². The maximum Gasteiger partial charge on any atom is 0.309 e. The van der Waals surface area contributed by atoms with Crippen LogP contribution >= 0.6 is 0 Å². The number of aryl methyl sites for hydroxylation is 1. The van der Waals surface area contributed by atoms with E-state index in [0.29, 0.717) is 36.2 Å². The number of hydrogen-bond donors (Lipinski definition) is 4. The number of carbonyl (C=O) groups is 1. The number of hydrogen-bond acceptors (Lipinski definition) is 5. The molecule has 3 fully saturated rings. The molecule has 7 heteroatoms. The van der Waals surface area contributed by atoms with Crippen molar-refractivity contribution < 1.29 is 24.5 Å². The van der Waals surface area contributed by atoms with Gasteiger partial charge in [-0.25, -0.2) is 9.37 Å². The number of rotatable bonds is 6. The highest BCUT2D eigenvalue weighted by atomic mass is 19.1. The number of phenols is 1. The number of aromatic nitrogens is 1. The minimum absolute atomic E-state index is 0.0792. The molecule has 1 aromatic heterocycles. The number of benzene rings is 2. The van der Waals surface area contributed by atoms with Crippen molar-refractivity contribution in [3.05, 3.63) is 53.3 Å². The second-order valence-corrected chi connectivity index (χ2v) is 9.52. The number of nitrogens with one attached hydrogen (secondary N) is 1. The quantitative estimate of drug-likeness (QED) is 0.451. The minimum Gasteiger partial charge on any atom is -0.508 e. The number of pyridine rings is 1. The Bertz CT molecular complexity index is 1250. The van der Waals surface area contributed by atoms with Crippen LogP contribution in [0.15, 0.2) is 36.4 Å². The maximum absolute atomic E-state index is 14.0. The fourth-order valence-electron chi connectivity index (χ4n) is 5.44. The molecule has 6 rings (SSSR count). The number of halogens is 1. The highest BCUT2D eigenvalue weighted by Gasteiger charge is 2.72. The van der Waals surface area contributed by atoms with Crippen LogP contribution in [0.2, 0.25) is 0 Å². The number of aliphatic hydroxyl groups is 1. The van der Waals surface area contributed by atoms with Crippen LogP contribution in [0.4, 0.5) is 10.2 Å². The number of aromatic hydroxyl groups is 1. The van der Waals surface area contributed by atoms with Gasteiger partial charge >= 0.3 is 5.97 Å². The third-order valence-corrected chi connectivity index (χ3v) is 7.09. The Morgan fingerprint density at radius 3 is 2.56 bits per heavy atom. The summed E-state index contributed by atoms with van der Waals surface area (Å²) in [7, 11) is 0. The summed E-state index contributed by atoms with van der Waals surface area (Å²) >= 11 is 0. The van der Waals surface area contributed by atoms with E-state index in [2.05, 4.69) is 5.32 Å². The van der Waals surface area contributed by atoms with Gasteiger partial charge < -0.3 is 20.6 Å². The molecule has 166 valence electrons. The normalized spacial score (nSPS) is 24.5. The van der Waals surface area contributed by atoms with E-state index in [-0.39, 0.29) is 29.6 Å². The summed E-state index contributed by atoms with van der Waals surface area (Å²) in [5.74, 6) is -0.683. The van der Waals surface area contributed by atoms with Gasteiger partial charge in [-0.3, -0.25) is 4.79 Å². The van der Waals surface area contributed by atoms with E-state index < -0.39 is 11.4 Å². The van der Waals surface area contributed by atoms with Crippen LogP contribution in [0.5, 0.6) is 5.75 Å². The van der Waals surface area contributed by atoms with Crippen LogP contribution in [0.3, 0.4) is 0 Å². The lowest BCUT2D eigenvalue weighted by Crippen LogP contribution is -2.73. The Balaban J connectivity index is 1.71. The van der Waals surface area contributed by atoms with Crippen molar-refractivity contribution in [1.29, 1.82) is 0 Å². The van der Waals surface area contributed by atoms with Gasteiger partial charge in [-0.05, 0) is 67.1 Å². The lowest BCUT2D eigenvalue weighted by Gasteiger charge is -2.68. The van der Waals surface area contributed by atoms with E-state index in [1.54, 1.807) is 37.3 Å². The third kappa shape index (κ3) is 2.95. The summed E-state index contributed by atoms with van der Waals surface area (Å²) in [6.45, 7) is 3.49. The van der Waals surface area contributed by atoms with Crippen LogP contribution in [-0.4, -0.2) is 38.4 Å². The first-order valence-corrected chi connectivity index (χ1v) is 10.7. The molecule has 32 heavy (non-hydrogen) atoms. The summed E-state index contributed by atoms with van der Waals surface area (Å²) in [6, 6.07) is 9.85. The Labute approximate surface area is 184 Å². The zero-order valence-corrected chi connectivity index (χ0v) is 17.9. The Kier molecular flexibility index (Phi) is 4.47. The number of phenolic OH excluding ortho intramolecular Hbond substituents is 1. The molecule has 3 saturated carbocycles. The first kappa shape index (κ1) is 20.7. The zero-order valence-electron chi connectivity index (χ0n) is 17.9. The summed E-state index contributed by atoms with van der Waals surface area (Å²) < 4.78 is 14.0. The maximum atomic E-state index is 14.0. The molecule has 0 saturated heterocycles. The minimum atomic E-state index is -0.760. The predicted molar refractivity (Wildman–Crippen MR) is 119 cm³/mol. The van der Waals surface area contributed by atoms with Crippen molar-refractivity contribution in [2.45, 2.75) is 44.6 Å². The molecule has 1 atom stereocenters. The third-order valence-electron chi connectivity index (χ3n) is 7.09. The van der Waals surface area contributed by atoms with E-state index in [1.807, 2.05) is 6.92 Å². The van der Waals surface area contributed by atoms with Crippen LogP contribution in [0.1, 0.15) is 43.2 Å². The van der Waals surface area contributed by atoms with Crippen molar-refractivity contribution in [1.82, 2.24) is 4.98 Å². The van der Waals surface area contributed by atoms with Crippen molar-refractivity contribution in [2.24, 2.45) is 5.41 Å². The SMILES string of the molecule is Cc1cc(-c2c(C(C)CO)c(NC34CC(C(=O)O)(C3)C4)nc3cc(O)ccc23)ccc1F. The molecule has 2 bridgehead atoms. The first-order chi connectivity index (χ1) is 15.2. The molecule has 4 N–H and O–H groups in total. The molecule has 2 aromatic carbocycles. The van der Waals surface area contributed by atoms with Gasteiger partial charge in [0, 0.05) is 35.1 Å². The molecule has 1 unspecified atom stereocenters. The number of anilines is 1. The van der Waals surface area contributed by atoms with Gasteiger partial charge in [0.05, 0.1) is 10.9 Å². The van der Waals surface area contributed by atoms with Gasteiger partial charge in [0.1, 0.15) is 17.4 Å². The Morgan fingerprint density at radius 1 is 1.22 bits per heavy atom. The molecule has 3 aliphatic rings. The van der Waals surface area contributed by atoms with Gasteiger partial charge in [-0.2, -0.15) is 0 Å². The summed E-state index contributed by atoms with van der Waals surface area (Å²) in [5, 5.41) is 33.9. The highest BCUT2D eigenvalue weighted by Crippen LogP contribution is 2.68. The van der Waals surface area contributed by atoms with E-state index in [0.717, 1.165) is 22.1 Å².